The molecule has 4 heteroatoms. The molecule has 6 aromatic carbocycles. The van der Waals surface area contributed by atoms with Gasteiger partial charge in [0.2, 0.25) is 0 Å². The Balaban J connectivity index is 1.49. The van der Waals surface area contributed by atoms with Gasteiger partial charge < -0.3 is 9.80 Å². The summed E-state index contributed by atoms with van der Waals surface area (Å²) in [5.41, 5.74) is 15.8. The third-order valence-electron chi connectivity index (χ3n) is 10.8. The molecule has 0 aromatic heterocycles. The number of hydrogen-bond acceptors (Lipinski definition) is 2. The number of fused-ring (bicyclic) bond motifs is 5. The molecule has 2 aliphatic rings. The van der Waals surface area contributed by atoms with Crippen molar-refractivity contribution in [2.75, 3.05) is 9.80 Å². The summed E-state index contributed by atoms with van der Waals surface area (Å²) in [6, 6.07) is 43.2. The minimum Gasteiger partial charge on any atom is -0.311 e. The van der Waals surface area contributed by atoms with Gasteiger partial charge in [0.15, 0.2) is 0 Å². The molecule has 0 spiro atoms. The molecule has 2 radical (unpaired) electrons. The van der Waals surface area contributed by atoms with Crippen LogP contribution in [-0.2, 0) is 16.2 Å². The van der Waals surface area contributed by atoms with E-state index in [-0.39, 0.29) is 23.0 Å². The van der Waals surface area contributed by atoms with Crippen molar-refractivity contribution in [1.82, 2.24) is 0 Å². The highest BCUT2D eigenvalue weighted by atomic mass is 15.2. The average molecular weight is 649 g/mol. The van der Waals surface area contributed by atoms with E-state index in [2.05, 4.69) is 187 Å². The Morgan fingerprint density at radius 1 is 0.460 bits per heavy atom. The van der Waals surface area contributed by atoms with E-state index in [4.69, 9.17) is 7.85 Å². The first-order valence-corrected chi connectivity index (χ1v) is 18.0. The SMILES string of the molecule is [B]c1cc2c3c(c1)N(c1cccc4ccccc14)c1ccc(C(C)(C)C)cc1B3c1cc(C(C)(C)C)ccc1N2c1ccc(C(C)(C)C)cc1. The zero-order valence-electron chi connectivity index (χ0n) is 31.0. The Morgan fingerprint density at radius 2 is 0.960 bits per heavy atom. The van der Waals surface area contributed by atoms with E-state index in [0.29, 0.717) is 0 Å². The molecular weight excluding hydrogens is 602 g/mol. The summed E-state index contributed by atoms with van der Waals surface area (Å²) in [6.07, 6.45) is 0. The van der Waals surface area contributed by atoms with Gasteiger partial charge in [-0.25, -0.2) is 0 Å². The van der Waals surface area contributed by atoms with Crippen LogP contribution in [0.5, 0.6) is 0 Å². The molecule has 0 amide bonds. The standard InChI is InChI=1S/C46H46B2N2/c1-44(2,3)30-17-21-34(22-18-30)49-39-23-19-31(45(4,5)6)25-36(39)48-37-26-32(46(7,8)9)20-24-40(37)50(42-28-33(47)27-41(49)43(42)48)38-16-12-14-29-13-10-11-15-35(29)38/h10-28H,1-9H3. The summed E-state index contributed by atoms with van der Waals surface area (Å²) in [7, 11) is 6.95. The maximum Gasteiger partial charge on any atom is 0.252 e. The first-order chi connectivity index (χ1) is 23.6. The van der Waals surface area contributed by atoms with E-state index in [9.17, 15) is 0 Å². The number of rotatable bonds is 2. The predicted molar refractivity (Wildman–Crippen MR) is 219 cm³/mol. The van der Waals surface area contributed by atoms with Crippen molar-refractivity contribution in [1.29, 1.82) is 0 Å². The number of nitrogens with zero attached hydrogens (tertiary/aromatic N) is 2. The third kappa shape index (κ3) is 5.18. The lowest BCUT2D eigenvalue weighted by Crippen LogP contribution is -2.62. The molecule has 2 heterocycles. The van der Waals surface area contributed by atoms with Crippen LogP contribution >= 0.6 is 0 Å². The van der Waals surface area contributed by atoms with E-state index < -0.39 is 0 Å². The molecule has 0 aliphatic carbocycles. The van der Waals surface area contributed by atoms with Gasteiger partial charge >= 0.3 is 0 Å². The Morgan fingerprint density at radius 3 is 1.54 bits per heavy atom. The van der Waals surface area contributed by atoms with Crippen LogP contribution in [0.1, 0.15) is 79.0 Å². The second kappa shape index (κ2) is 11.2. The van der Waals surface area contributed by atoms with Crippen molar-refractivity contribution in [2.45, 2.75) is 78.6 Å². The molecule has 50 heavy (non-hydrogen) atoms. The Kier molecular flexibility index (Phi) is 7.25. The lowest BCUT2D eigenvalue weighted by Gasteiger charge is -2.45. The normalized spacial score (nSPS) is 14.1. The van der Waals surface area contributed by atoms with Crippen molar-refractivity contribution < 1.29 is 0 Å². The summed E-state index contributed by atoms with van der Waals surface area (Å²) in [4.78, 5) is 4.94. The summed E-state index contributed by atoms with van der Waals surface area (Å²) in [5, 5.41) is 2.44. The van der Waals surface area contributed by atoms with Gasteiger partial charge in [-0.3, -0.25) is 0 Å². The van der Waals surface area contributed by atoms with Crippen LogP contribution in [0.2, 0.25) is 0 Å². The van der Waals surface area contributed by atoms with Crippen LogP contribution in [-0.4, -0.2) is 14.6 Å². The van der Waals surface area contributed by atoms with Gasteiger partial charge in [-0.1, -0.05) is 141 Å². The fourth-order valence-corrected chi connectivity index (χ4v) is 8.01. The van der Waals surface area contributed by atoms with E-state index in [1.165, 1.54) is 55.2 Å². The summed E-state index contributed by atoms with van der Waals surface area (Å²) < 4.78 is 0. The minimum absolute atomic E-state index is 0.00180. The van der Waals surface area contributed by atoms with Crippen LogP contribution in [0.15, 0.2) is 115 Å². The fourth-order valence-electron chi connectivity index (χ4n) is 8.01. The first kappa shape index (κ1) is 32.5. The molecular formula is C46H46B2N2. The Bertz CT molecular complexity index is 2290. The topological polar surface area (TPSA) is 6.48 Å². The van der Waals surface area contributed by atoms with Crippen LogP contribution in [0.3, 0.4) is 0 Å². The van der Waals surface area contributed by atoms with Crippen molar-refractivity contribution in [3.05, 3.63) is 132 Å². The van der Waals surface area contributed by atoms with E-state index in [1.807, 2.05) is 0 Å². The van der Waals surface area contributed by atoms with Crippen LogP contribution in [0.4, 0.5) is 34.1 Å². The Hall–Kier alpha value is -4.69. The van der Waals surface area contributed by atoms with E-state index in [1.54, 1.807) is 0 Å². The first-order valence-electron chi connectivity index (χ1n) is 18.0. The minimum atomic E-state index is -0.00484. The maximum absolute atomic E-state index is 6.95. The van der Waals surface area contributed by atoms with Crippen molar-refractivity contribution >= 4 is 81.3 Å². The highest BCUT2D eigenvalue weighted by Gasteiger charge is 2.44. The molecule has 8 rings (SSSR count). The van der Waals surface area contributed by atoms with Gasteiger partial charge in [0.25, 0.3) is 6.71 Å². The van der Waals surface area contributed by atoms with Gasteiger partial charge in [-0.15, -0.1) is 0 Å². The van der Waals surface area contributed by atoms with Crippen LogP contribution in [0.25, 0.3) is 10.8 Å². The van der Waals surface area contributed by atoms with Crippen LogP contribution < -0.4 is 31.7 Å². The lowest BCUT2D eigenvalue weighted by atomic mass is 9.33. The highest BCUT2D eigenvalue weighted by Crippen LogP contribution is 2.46. The number of hydrogen-bond donors (Lipinski definition) is 0. The summed E-state index contributed by atoms with van der Waals surface area (Å²) in [6.45, 7) is 20.7. The zero-order chi connectivity index (χ0) is 35.3. The van der Waals surface area contributed by atoms with E-state index >= 15 is 0 Å². The molecule has 0 N–H and O–H groups in total. The number of benzene rings is 6. The molecule has 0 saturated carbocycles. The summed E-state index contributed by atoms with van der Waals surface area (Å²) in [5.74, 6) is 0. The predicted octanol–water partition coefficient (Wildman–Crippen LogP) is 9.61. The zero-order valence-corrected chi connectivity index (χ0v) is 31.0. The van der Waals surface area contributed by atoms with Crippen molar-refractivity contribution in [2.24, 2.45) is 0 Å². The molecule has 0 bridgehead atoms. The molecule has 0 unspecified atom stereocenters. The van der Waals surface area contributed by atoms with Gasteiger partial charge in [-0.05, 0) is 97.2 Å². The average Bonchev–Trinajstić information content (AvgIpc) is 3.06. The van der Waals surface area contributed by atoms with Gasteiger partial charge in [0, 0.05) is 33.8 Å². The second-order valence-corrected chi connectivity index (χ2v) is 17.4. The second-order valence-electron chi connectivity index (χ2n) is 17.4. The highest BCUT2D eigenvalue weighted by molar-refractivity contribution is 7.00. The summed E-state index contributed by atoms with van der Waals surface area (Å²) >= 11 is 0. The fraction of sp³-hybridized carbons (Fsp3) is 0.261. The van der Waals surface area contributed by atoms with Gasteiger partial charge in [0.05, 0.1) is 5.69 Å². The van der Waals surface area contributed by atoms with Gasteiger partial charge in [-0.2, -0.15) is 0 Å². The molecule has 0 fully saturated rings. The van der Waals surface area contributed by atoms with E-state index in [0.717, 1.165) is 28.2 Å². The van der Waals surface area contributed by atoms with Crippen LogP contribution in [0, 0.1) is 0 Å². The molecule has 6 aromatic rings. The van der Waals surface area contributed by atoms with Crippen molar-refractivity contribution in [3.8, 4) is 0 Å². The molecule has 246 valence electrons. The molecule has 2 aliphatic heterocycles. The van der Waals surface area contributed by atoms with Gasteiger partial charge in [0.1, 0.15) is 7.85 Å². The smallest absolute Gasteiger partial charge is 0.252 e. The van der Waals surface area contributed by atoms with Crippen molar-refractivity contribution in [3.63, 3.8) is 0 Å². The quantitative estimate of drug-likeness (QED) is 0.172. The number of anilines is 6. The molecule has 0 atom stereocenters. The monoisotopic (exact) mass is 648 g/mol. The Labute approximate surface area is 300 Å². The lowest BCUT2D eigenvalue weighted by molar-refractivity contribution is 0.590. The molecule has 0 saturated heterocycles. The maximum atomic E-state index is 6.95. The third-order valence-corrected chi connectivity index (χ3v) is 10.8. The molecule has 2 nitrogen and oxygen atoms in total. The largest absolute Gasteiger partial charge is 0.311 e.